The SMILES string of the molecule is O=C(/C=C1\CCOc2cc(C(F)(F)F)ccc21)Nc1ccc2c(c1)NC(=O)CC2. The third-order valence-electron chi connectivity index (χ3n) is 4.86. The molecule has 0 spiro atoms. The fraction of sp³-hybridized carbons (Fsp3) is 0.238. The molecular weight excluding hydrogens is 385 g/mol. The summed E-state index contributed by atoms with van der Waals surface area (Å²) in [6.45, 7) is 0.193. The molecule has 0 unspecified atom stereocenters. The Morgan fingerprint density at radius 3 is 2.72 bits per heavy atom. The molecule has 150 valence electrons. The average Bonchev–Trinajstić information content (AvgIpc) is 2.66. The lowest BCUT2D eigenvalue weighted by Crippen LogP contribution is -2.19. The summed E-state index contributed by atoms with van der Waals surface area (Å²) in [4.78, 5) is 24.0. The van der Waals surface area contributed by atoms with Crippen LogP contribution >= 0.6 is 0 Å². The van der Waals surface area contributed by atoms with E-state index in [1.807, 2.05) is 6.07 Å². The Hall–Kier alpha value is -3.29. The Morgan fingerprint density at radius 2 is 1.93 bits per heavy atom. The van der Waals surface area contributed by atoms with Gasteiger partial charge in [0.05, 0.1) is 12.2 Å². The van der Waals surface area contributed by atoms with E-state index in [1.54, 1.807) is 12.1 Å². The minimum Gasteiger partial charge on any atom is -0.493 e. The summed E-state index contributed by atoms with van der Waals surface area (Å²) in [6.07, 6.45) is -1.60. The van der Waals surface area contributed by atoms with Crippen molar-refractivity contribution in [2.75, 3.05) is 17.2 Å². The van der Waals surface area contributed by atoms with Gasteiger partial charge in [-0.05, 0) is 41.8 Å². The maximum atomic E-state index is 12.9. The second kappa shape index (κ2) is 7.27. The largest absolute Gasteiger partial charge is 0.493 e. The molecule has 2 aliphatic heterocycles. The predicted octanol–water partition coefficient (Wildman–Crippen LogP) is 4.39. The van der Waals surface area contributed by atoms with Crippen LogP contribution in [0.15, 0.2) is 42.5 Å². The summed E-state index contributed by atoms with van der Waals surface area (Å²) < 4.78 is 44.0. The van der Waals surface area contributed by atoms with E-state index in [4.69, 9.17) is 4.74 Å². The van der Waals surface area contributed by atoms with Crippen molar-refractivity contribution in [1.82, 2.24) is 0 Å². The van der Waals surface area contributed by atoms with E-state index >= 15 is 0 Å². The van der Waals surface area contributed by atoms with Crippen molar-refractivity contribution in [2.45, 2.75) is 25.4 Å². The van der Waals surface area contributed by atoms with Crippen LogP contribution in [0.3, 0.4) is 0 Å². The Balaban J connectivity index is 1.54. The van der Waals surface area contributed by atoms with E-state index in [2.05, 4.69) is 10.6 Å². The highest BCUT2D eigenvalue weighted by molar-refractivity contribution is 6.05. The van der Waals surface area contributed by atoms with E-state index in [9.17, 15) is 22.8 Å². The van der Waals surface area contributed by atoms with Gasteiger partial charge in [-0.25, -0.2) is 0 Å². The Bertz CT molecular complexity index is 1030. The van der Waals surface area contributed by atoms with Crippen molar-refractivity contribution in [3.8, 4) is 5.75 Å². The number of hydrogen-bond donors (Lipinski definition) is 2. The molecule has 8 heteroatoms. The molecule has 0 aromatic heterocycles. The number of aryl methyl sites for hydroxylation is 1. The number of alkyl halides is 3. The first-order chi connectivity index (χ1) is 13.8. The second-order valence-corrected chi connectivity index (χ2v) is 6.89. The fourth-order valence-electron chi connectivity index (χ4n) is 3.42. The van der Waals surface area contributed by atoms with Gasteiger partial charge in [-0.15, -0.1) is 0 Å². The lowest BCUT2D eigenvalue weighted by Gasteiger charge is -2.21. The van der Waals surface area contributed by atoms with Gasteiger partial charge in [0, 0.05) is 35.9 Å². The third-order valence-corrected chi connectivity index (χ3v) is 4.86. The number of nitrogens with one attached hydrogen (secondary N) is 2. The van der Waals surface area contributed by atoms with Gasteiger partial charge in [0.2, 0.25) is 11.8 Å². The normalized spacial score (nSPS) is 17.1. The van der Waals surface area contributed by atoms with Crippen molar-refractivity contribution in [3.63, 3.8) is 0 Å². The van der Waals surface area contributed by atoms with Gasteiger partial charge in [0.1, 0.15) is 5.75 Å². The van der Waals surface area contributed by atoms with Gasteiger partial charge >= 0.3 is 6.18 Å². The van der Waals surface area contributed by atoms with Crippen molar-refractivity contribution < 1.29 is 27.5 Å². The molecule has 2 aromatic rings. The molecule has 0 bridgehead atoms. The summed E-state index contributed by atoms with van der Waals surface area (Å²) in [5, 5.41) is 5.50. The van der Waals surface area contributed by atoms with Crippen LogP contribution in [-0.2, 0) is 22.2 Å². The molecular formula is C21H17F3N2O3. The number of halogens is 3. The van der Waals surface area contributed by atoms with Crippen molar-refractivity contribution in [2.24, 2.45) is 0 Å². The fourth-order valence-corrected chi connectivity index (χ4v) is 3.42. The van der Waals surface area contributed by atoms with Crippen molar-refractivity contribution in [1.29, 1.82) is 0 Å². The van der Waals surface area contributed by atoms with Gasteiger partial charge in [-0.3, -0.25) is 9.59 Å². The molecule has 2 aliphatic rings. The lowest BCUT2D eigenvalue weighted by molar-refractivity contribution is -0.137. The van der Waals surface area contributed by atoms with Crippen LogP contribution in [0.4, 0.5) is 24.5 Å². The first-order valence-electron chi connectivity index (χ1n) is 9.08. The maximum absolute atomic E-state index is 12.9. The summed E-state index contributed by atoms with van der Waals surface area (Å²) in [7, 11) is 0. The maximum Gasteiger partial charge on any atom is 0.416 e. The third kappa shape index (κ3) is 4.11. The Labute approximate surface area is 164 Å². The van der Waals surface area contributed by atoms with E-state index in [-0.39, 0.29) is 18.3 Å². The number of anilines is 2. The quantitative estimate of drug-likeness (QED) is 0.732. The summed E-state index contributed by atoms with van der Waals surface area (Å²) in [5.74, 6) is -0.364. The summed E-state index contributed by atoms with van der Waals surface area (Å²) in [6, 6.07) is 8.54. The smallest absolute Gasteiger partial charge is 0.416 e. The molecule has 29 heavy (non-hydrogen) atoms. The van der Waals surface area contributed by atoms with Crippen LogP contribution in [0.5, 0.6) is 5.75 Å². The number of hydrogen-bond acceptors (Lipinski definition) is 3. The predicted molar refractivity (Wildman–Crippen MR) is 102 cm³/mol. The zero-order valence-electron chi connectivity index (χ0n) is 15.2. The van der Waals surface area contributed by atoms with Gasteiger partial charge in [0.25, 0.3) is 0 Å². The summed E-state index contributed by atoms with van der Waals surface area (Å²) in [5.41, 5.74) is 2.47. The number of ether oxygens (including phenoxy) is 1. The van der Waals surface area contributed by atoms with Crippen molar-refractivity contribution >= 4 is 28.8 Å². The minimum absolute atomic E-state index is 0.0693. The zero-order chi connectivity index (χ0) is 20.6. The van der Waals surface area contributed by atoms with Crippen LogP contribution in [0.2, 0.25) is 0 Å². The molecule has 0 aliphatic carbocycles. The van der Waals surface area contributed by atoms with Gasteiger partial charge in [0.15, 0.2) is 0 Å². The number of fused-ring (bicyclic) bond motifs is 2. The molecule has 0 radical (unpaired) electrons. The number of benzene rings is 2. The molecule has 0 fully saturated rings. The summed E-state index contributed by atoms with van der Waals surface area (Å²) >= 11 is 0. The topological polar surface area (TPSA) is 67.4 Å². The van der Waals surface area contributed by atoms with E-state index < -0.39 is 17.6 Å². The number of rotatable bonds is 2. The minimum atomic E-state index is -4.46. The van der Waals surface area contributed by atoms with E-state index in [0.717, 1.165) is 17.7 Å². The van der Waals surface area contributed by atoms with Crippen LogP contribution in [0.25, 0.3) is 5.57 Å². The molecule has 4 rings (SSSR count). The molecule has 2 aromatic carbocycles. The van der Waals surface area contributed by atoms with Gasteiger partial charge in [-0.2, -0.15) is 13.2 Å². The van der Waals surface area contributed by atoms with E-state index in [1.165, 1.54) is 12.1 Å². The average molecular weight is 402 g/mol. The molecule has 2 N–H and O–H groups in total. The van der Waals surface area contributed by atoms with Gasteiger partial charge < -0.3 is 15.4 Å². The number of amides is 2. The molecule has 0 saturated carbocycles. The second-order valence-electron chi connectivity index (χ2n) is 6.89. The lowest BCUT2D eigenvalue weighted by atomic mass is 9.97. The molecule has 5 nitrogen and oxygen atoms in total. The highest BCUT2D eigenvalue weighted by Gasteiger charge is 2.32. The zero-order valence-corrected chi connectivity index (χ0v) is 15.2. The molecule has 2 amide bonds. The number of carbonyl (C=O) groups excluding carboxylic acids is 2. The first-order valence-corrected chi connectivity index (χ1v) is 9.08. The first kappa shape index (κ1) is 19.0. The molecule has 2 heterocycles. The highest BCUT2D eigenvalue weighted by Crippen LogP contribution is 2.38. The van der Waals surface area contributed by atoms with Crippen LogP contribution in [0, 0.1) is 0 Å². The monoisotopic (exact) mass is 402 g/mol. The van der Waals surface area contributed by atoms with Crippen LogP contribution in [-0.4, -0.2) is 18.4 Å². The molecule has 0 atom stereocenters. The Morgan fingerprint density at radius 1 is 1.10 bits per heavy atom. The van der Waals surface area contributed by atoms with Crippen molar-refractivity contribution in [3.05, 3.63) is 59.2 Å². The number of carbonyl (C=O) groups is 2. The molecule has 0 saturated heterocycles. The standard InChI is InChI=1S/C21H17F3N2O3/c22-21(23,24)14-3-5-16-13(7-8-29-18(16)10-14)9-20(28)25-15-4-1-12-2-6-19(27)26-17(12)11-15/h1,3-5,9-11H,2,6-8H2,(H,25,28)(H,26,27)/b13-9+. The highest BCUT2D eigenvalue weighted by atomic mass is 19.4. The Kier molecular flexibility index (Phi) is 4.77. The van der Waals surface area contributed by atoms with Gasteiger partial charge in [-0.1, -0.05) is 12.1 Å². The van der Waals surface area contributed by atoms with E-state index in [0.29, 0.717) is 41.8 Å². The van der Waals surface area contributed by atoms with Crippen LogP contribution in [0.1, 0.15) is 29.5 Å². The van der Waals surface area contributed by atoms with Crippen LogP contribution < -0.4 is 15.4 Å².